The molecule has 0 aliphatic heterocycles. The van der Waals surface area contributed by atoms with Gasteiger partial charge in [0.2, 0.25) is 0 Å². The largest absolute Gasteiger partial charge is 0.391 e. The Kier molecular flexibility index (Phi) is 4.85. The lowest BCUT2D eigenvalue weighted by Gasteiger charge is -2.07. The molecule has 9 heteroatoms. The van der Waals surface area contributed by atoms with Crippen molar-refractivity contribution < 1.29 is 13.5 Å². The Morgan fingerprint density at radius 2 is 2.10 bits per heavy atom. The Labute approximate surface area is 137 Å². The Morgan fingerprint density at radius 1 is 1.40 bits per heavy atom. The molecule has 2 aromatic heterocycles. The summed E-state index contributed by atoms with van der Waals surface area (Å²) in [6, 6.07) is 3.07. The highest BCUT2D eigenvalue weighted by Crippen LogP contribution is 2.32. The van der Waals surface area contributed by atoms with Crippen LogP contribution in [0, 0.1) is 6.92 Å². The number of hydrogen-bond donors (Lipinski definition) is 2. The standard InChI is InChI=1S/C11H10Br2N2O3S2/c1-6-2-10(14-4-8(6)12)15-20(17,18)9-3-7(5-16)19-11(9)13/h2-4,16H,5H2,1H3,(H,14,15). The molecule has 2 heterocycles. The molecule has 0 bridgehead atoms. The van der Waals surface area contributed by atoms with E-state index in [0.717, 1.165) is 10.0 Å². The molecule has 20 heavy (non-hydrogen) atoms. The number of nitrogens with zero attached hydrogens (tertiary/aromatic N) is 1. The van der Waals surface area contributed by atoms with Crippen LogP contribution in [0.5, 0.6) is 0 Å². The Balaban J connectivity index is 2.35. The number of sulfonamides is 1. The number of aliphatic hydroxyl groups is 1. The summed E-state index contributed by atoms with van der Waals surface area (Å²) < 4.78 is 28.2. The number of nitrogens with one attached hydrogen (secondary N) is 1. The minimum atomic E-state index is -3.74. The average Bonchev–Trinajstić information content (AvgIpc) is 2.76. The van der Waals surface area contributed by atoms with Crippen LogP contribution >= 0.6 is 43.2 Å². The van der Waals surface area contributed by atoms with Crippen molar-refractivity contribution in [3.8, 4) is 0 Å². The van der Waals surface area contributed by atoms with Gasteiger partial charge in [0, 0.05) is 15.5 Å². The van der Waals surface area contributed by atoms with Gasteiger partial charge < -0.3 is 5.11 Å². The first-order valence-electron chi connectivity index (χ1n) is 5.37. The van der Waals surface area contributed by atoms with Gasteiger partial charge in [-0.15, -0.1) is 11.3 Å². The third kappa shape index (κ3) is 3.40. The molecule has 0 aliphatic rings. The maximum absolute atomic E-state index is 12.3. The van der Waals surface area contributed by atoms with Crippen LogP contribution in [0.25, 0.3) is 0 Å². The number of aliphatic hydroxyl groups excluding tert-OH is 1. The summed E-state index contributed by atoms with van der Waals surface area (Å²) in [4.78, 5) is 4.67. The second kappa shape index (κ2) is 6.10. The van der Waals surface area contributed by atoms with E-state index in [2.05, 4.69) is 41.6 Å². The van der Waals surface area contributed by atoms with Crippen LogP contribution in [-0.4, -0.2) is 18.5 Å². The summed E-state index contributed by atoms with van der Waals surface area (Å²) in [6.45, 7) is 1.64. The molecule has 0 saturated heterocycles. The quantitative estimate of drug-likeness (QED) is 0.762. The third-order valence-corrected chi connectivity index (χ3v) is 6.86. The van der Waals surface area contributed by atoms with E-state index in [9.17, 15) is 8.42 Å². The second-order valence-electron chi connectivity index (χ2n) is 3.93. The van der Waals surface area contributed by atoms with Crippen molar-refractivity contribution in [2.75, 3.05) is 4.72 Å². The summed E-state index contributed by atoms with van der Waals surface area (Å²) in [7, 11) is -3.74. The van der Waals surface area contributed by atoms with E-state index in [0.29, 0.717) is 8.66 Å². The van der Waals surface area contributed by atoms with Gasteiger partial charge in [-0.3, -0.25) is 4.72 Å². The van der Waals surface area contributed by atoms with Gasteiger partial charge in [0.05, 0.1) is 10.4 Å². The van der Waals surface area contributed by atoms with E-state index < -0.39 is 10.0 Å². The number of pyridine rings is 1. The Hall–Kier alpha value is -0.480. The van der Waals surface area contributed by atoms with Gasteiger partial charge in [0.1, 0.15) is 10.7 Å². The van der Waals surface area contributed by atoms with Gasteiger partial charge in [0.15, 0.2) is 0 Å². The summed E-state index contributed by atoms with van der Waals surface area (Å²) >= 11 is 7.68. The average molecular weight is 442 g/mol. The van der Waals surface area contributed by atoms with Crippen molar-refractivity contribution in [3.05, 3.63) is 37.0 Å². The first-order valence-corrected chi connectivity index (χ1v) is 9.26. The first-order chi connectivity index (χ1) is 9.33. The second-order valence-corrected chi connectivity index (χ2v) is 8.89. The molecule has 0 spiro atoms. The van der Waals surface area contributed by atoms with Crippen LogP contribution < -0.4 is 4.72 Å². The molecule has 0 aromatic carbocycles. The van der Waals surface area contributed by atoms with E-state index in [-0.39, 0.29) is 17.3 Å². The summed E-state index contributed by atoms with van der Waals surface area (Å²) in [5.41, 5.74) is 0.873. The highest BCUT2D eigenvalue weighted by Gasteiger charge is 2.21. The molecule has 0 saturated carbocycles. The number of anilines is 1. The van der Waals surface area contributed by atoms with Crippen molar-refractivity contribution in [2.24, 2.45) is 0 Å². The zero-order valence-electron chi connectivity index (χ0n) is 10.2. The van der Waals surface area contributed by atoms with E-state index >= 15 is 0 Å². The molecule has 0 amide bonds. The molecule has 0 unspecified atom stereocenters. The van der Waals surface area contributed by atoms with Gasteiger partial charge in [0.25, 0.3) is 10.0 Å². The molecule has 2 aromatic rings. The van der Waals surface area contributed by atoms with Gasteiger partial charge in [-0.05, 0) is 56.5 Å². The van der Waals surface area contributed by atoms with Crippen molar-refractivity contribution >= 4 is 59.0 Å². The normalized spacial score (nSPS) is 11.6. The molecule has 5 nitrogen and oxygen atoms in total. The van der Waals surface area contributed by atoms with Gasteiger partial charge >= 0.3 is 0 Å². The smallest absolute Gasteiger partial charge is 0.265 e. The van der Waals surface area contributed by atoms with Gasteiger partial charge in [-0.1, -0.05) is 0 Å². The molecule has 2 N–H and O–H groups in total. The van der Waals surface area contributed by atoms with E-state index in [1.54, 1.807) is 6.07 Å². The maximum atomic E-state index is 12.3. The SMILES string of the molecule is Cc1cc(NS(=O)(=O)c2cc(CO)sc2Br)ncc1Br. The first kappa shape index (κ1) is 15.9. The molecular weight excluding hydrogens is 432 g/mol. The topological polar surface area (TPSA) is 79.3 Å². The minimum absolute atomic E-state index is 0.0916. The predicted octanol–water partition coefficient (Wildman–Crippen LogP) is 3.27. The molecule has 0 atom stereocenters. The Bertz CT molecular complexity index is 744. The zero-order chi connectivity index (χ0) is 14.9. The number of aromatic nitrogens is 1. The third-order valence-electron chi connectivity index (χ3n) is 2.44. The molecular formula is C11H10Br2N2O3S2. The lowest BCUT2D eigenvalue weighted by atomic mass is 10.3. The summed E-state index contributed by atoms with van der Waals surface area (Å²) in [6.07, 6.45) is 1.54. The molecule has 0 radical (unpaired) electrons. The molecule has 0 fully saturated rings. The summed E-state index contributed by atoms with van der Waals surface area (Å²) in [5, 5.41) is 9.05. The number of halogens is 2. The fraction of sp³-hybridized carbons (Fsp3) is 0.182. The van der Waals surface area contributed by atoms with Gasteiger partial charge in [-0.2, -0.15) is 0 Å². The summed E-state index contributed by atoms with van der Waals surface area (Å²) in [5.74, 6) is 0.245. The lowest BCUT2D eigenvalue weighted by molar-refractivity contribution is 0.285. The van der Waals surface area contributed by atoms with Crippen molar-refractivity contribution in [3.63, 3.8) is 0 Å². The van der Waals surface area contributed by atoms with Crippen LogP contribution in [0.4, 0.5) is 5.82 Å². The van der Waals surface area contributed by atoms with Crippen LogP contribution in [0.3, 0.4) is 0 Å². The van der Waals surface area contributed by atoms with Crippen molar-refractivity contribution in [1.82, 2.24) is 4.98 Å². The fourth-order valence-corrected chi connectivity index (χ4v) is 5.21. The van der Waals surface area contributed by atoms with E-state index in [1.165, 1.54) is 23.6 Å². The fourth-order valence-electron chi connectivity index (χ4n) is 1.45. The van der Waals surface area contributed by atoms with Crippen LogP contribution in [0.15, 0.2) is 31.5 Å². The lowest BCUT2D eigenvalue weighted by Crippen LogP contribution is -2.13. The predicted molar refractivity (Wildman–Crippen MR) is 85.4 cm³/mol. The number of thiophene rings is 1. The minimum Gasteiger partial charge on any atom is -0.391 e. The van der Waals surface area contributed by atoms with Crippen LogP contribution in [0.2, 0.25) is 0 Å². The molecule has 108 valence electrons. The highest BCUT2D eigenvalue weighted by atomic mass is 79.9. The van der Waals surface area contributed by atoms with Crippen LogP contribution in [0.1, 0.15) is 10.4 Å². The highest BCUT2D eigenvalue weighted by molar-refractivity contribution is 9.11. The zero-order valence-corrected chi connectivity index (χ0v) is 15.0. The van der Waals surface area contributed by atoms with Crippen LogP contribution in [-0.2, 0) is 16.6 Å². The monoisotopic (exact) mass is 440 g/mol. The van der Waals surface area contributed by atoms with Crippen molar-refractivity contribution in [2.45, 2.75) is 18.4 Å². The Morgan fingerprint density at radius 3 is 2.65 bits per heavy atom. The number of aryl methyl sites for hydroxylation is 1. The number of rotatable bonds is 4. The van der Waals surface area contributed by atoms with E-state index in [1.807, 2.05) is 6.92 Å². The van der Waals surface area contributed by atoms with E-state index in [4.69, 9.17) is 5.11 Å². The molecule has 2 rings (SSSR count). The molecule has 0 aliphatic carbocycles. The van der Waals surface area contributed by atoms with Crippen molar-refractivity contribution in [1.29, 1.82) is 0 Å². The number of hydrogen-bond acceptors (Lipinski definition) is 5. The van der Waals surface area contributed by atoms with Gasteiger partial charge in [-0.25, -0.2) is 13.4 Å². The maximum Gasteiger partial charge on any atom is 0.265 e.